The van der Waals surface area contributed by atoms with Crippen molar-refractivity contribution < 1.29 is 9.72 Å². The largest absolute Gasteiger partial charge is 0.347 e. The number of nitro benzene ring substituents is 1. The van der Waals surface area contributed by atoms with Crippen LogP contribution in [0.25, 0.3) is 0 Å². The Kier molecular flexibility index (Phi) is 4.27. The Morgan fingerprint density at radius 3 is 2.60 bits per heavy atom. The second-order valence-corrected chi connectivity index (χ2v) is 4.40. The fourth-order valence-corrected chi connectivity index (χ4v) is 1.70. The first kappa shape index (κ1) is 14.0. The number of rotatable bonds is 4. The number of pyridine rings is 1. The van der Waals surface area contributed by atoms with Gasteiger partial charge in [0.25, 0.3) is 11.6 Å². The highest BCUT2D eigenvalue weighted by Gasteiger charge is 2.08. The van der Waals surface area contributed by atoms with Crippen molar-refractivity contribution in [3.63, 3.8) is 0 Å². The highest BCUT2D eigenvalue weighted by atomic mass is 35.5. The Balaban J connectivity index is 1.98. The number of nitrogens with zero attached hydrogens (tertiary/aromatic N) is 2. The molecule has 20 heavy (non-hydrogen) atoms. The molecule has 0 unspecified atom stereocenters. The van der Waals surface area contributed by atoms with Crippen LogP contribution in [0.3, 0.4) is 0 Å². The summed E-state index contributed by atoms with van der Waals surface area (Å²) in [6, 6.07) is 8.99. The summed E-state index contributed by atoms with van der Waals surface area (Å²) in [7, 11) is 0. The molecule has 0 aliphatic carbocycles. The van der Waals surface area contributed by atoms with Crippen LogP contribution in [0.15, 0.2) is 42.6 Å². The first-order valence-corrected chi connectivity index (χ1v) is 6.07. The van der Waals surface area contributed by atoms with Crippen molar-refractivity contribution in [2.24, 2.45) is 0 Å². The summed E-state index contributed by atoms with van der Waals surface area (Å²) in [5.74, 6) is -0.356. The molecule has 1 amide bonds. The van der Waals surface area contributed by atoms with Crippen LogP contribution < -0.4 is 5.32 Å². The molecule has 0 fully saturated rings. The van der Waals surface area contributed by atoms with E-state index in [9.17, 15) is 14.9 Å². The van der Waals surface area contributed by atoms with E-state index in [1.807, 2.05) is 0 Å². The number of hydrogen-bond acceptors (Lipinski definition) is 4. The molecule has 1 N–H and O–H groups in total. The van der Waals surface area contributed by atoms with E-state index in [0.717, 1.165) is 5.56 Å². The van der Waals surface area contributed by atoms with E-state index < -0.39 is 4.92 Å². The third kappa shape index (κ3) is 3.52. The van der Waals surface area contributed by atoms with Gasteiger partial charge in [-0.15, -0.1) is 0 Å². The van der Waals surface area contributed by atoms with Crippen molar-refractivity contribution in [3.8, 4) is 0 Å². The van der Waals surface area contributed by atoms with Crippen LogP contribution in [-0.2, 0) is 6.54 Å². The number of carbonyl (C=O) groups excluding carboxylic acids is 1. The van der Waals surface area contributed by atoms with Gasteiger partial charge in [0.1, 0.15) is 5.69 Å². The van der Waals surface area contributed by atoms with E-state index in [2.05, 4.69) is 10.3 Å². The third-order valence-corrected chi connectivity index (χ3v) is 2.79. The van der Waals surface area contributed by atoms with Gasteiger partial charge < -0.3 is 5.32 Å². The first-order chi connectivity index (χ1) is 9.56. The van der Waals surface area contributed by atoms with Crippen molar-refractivity contribution >= 4 is 23.2 Å². The zero-order valence-corrected chi connectivity index (χ0v) is 11.0. The number of aromatic nitrogens is 1. The van der Waals surface area contributed by atoms with Gasteiger partial charge in [0.05, 0.1) is 4.92 Å². The lowest BCUT2D eigenvalue weighted by Crippen LogP contribution is -2.23. The zero-order chi connectivity index (χ0) is 14.5. The molecule has 2 aromatic rings. The molecule has 0 aliphatic rings. The van der Waals surface area contributed by atoms with Gasteiger partial charge in [0, 0.05) is 29.9 Å². The predicted octanol–water partition coefficient (Wildman–Crippen LogP) is 2.57. The number of nitro groups is 1. The van der Waals surface area contributed by atoms with E-state index >= 15 is 0 Å². The average molecular weight is 292 g/mol. The van der Waals surface area contributed by atoms with Gasteiger partial charge in [0.2, 0.25) is 0 Å². The molecule has 0 aliphatic heterocycles. The minimum atomic E-state index is -0.474. The summed E-state index contributed by atoms with van der Waals surface area (Å²) < 4.78 is 0. The molecular weight excluding hydrogens is 282 g/mol. The molecule has 7 heteroatoms. The van der Waals surface area contributed by atoms with Crippen LogP contribution in [0.5, 0.6) is 0 Å². The first-order valence-electron chi connectivity index (χ1n) is 5.69. The maximum atomic E-state index is 11.8. The number of non-ortho nitro benzene ring substituents is 1. The predicted molar refractivity (Wildman–Crippen MR) is 73.5 cm³/mol. The topological polar surface area (TPSA) is 85.1 Å². The molecule has 0 bridgehead atoms. The number of nitrogens with one attached hydrogen (secondary N) is 1. The van der Waals surface area contributed by atoms with Gasteiger partial charge in [-0.05, 0) is 17.7 Å². The van der Waals surface area contributed by atoms with E-state index in [0.29, 0.717) is 5.02 Å². The molecule has 1 aromatic heterocycles. The SMILES string of the molecule is O=C(NCc1ccc([N+](=O)[O-])cc1)c1cc(Cl)ccn1. The third-order valence-electron chi connectivity index (χ3n) is 2.55. The number of halogens is 1. The van der Waals surface area contributed by atoms with Crippen LogP contribution in [0.2, 0.25) is 5.02 Å². The smallest absolute Gasteiger partial charge is 0.270 e. The molecule has 6 nitrogen and oxygen atoms in total. The second-order valence-electron chi connectivity index (χ2n) is 3.97. The lowest BCUT2D eigenvalue weighted by molar-refractivity contribution is -0.384. The molecule has 1 heterocycles. The van der Waals surface area contributed by atoms with Crippen LogP contribution in [0, 0.1) is 10.1 Å². The highest BCUT2D eigenvalue weighted by Crippen LogP contribution is 2.12. The monoisotopic (exact) mass is 291 g/mol. The normalized spacial score (nSPS) is 10.1. The van der Waals surface area contributed by atoms with E-state index in [4.69, 9.17) is 11.6 Å². The van der Waals surface area contributed by atoms with Crippen LogP contribution in [0.4, 0.5) is 5.69 Å². The molecule has 2 rings (SSSR count). The summed E-state index contributed by atoms with van der Waals surface area (Å²) in [5.41, 5.74) is 0.988. The van der Waals surface area contributed by atoms with Crippen molar-refractivity contribution in [2.45, 2.75) is 6.54 Å². The molecule has 0 radical (unpaired) electrons. The number of benzene rings is 1. The molecule has 0 saturated carbocycles. The lowest BCUT2D eigenvalue weighted by Gasteiger charge is -2.05. The van der Waals surface area contributed by atoms with Gasteiger partial charge in [0.15, 0.2) is 0 Å². The highest BCUT2D eigenvalue weighted by molar-refractivity contribution is 6.30. The summed E-state index contributed by atoms with van der Waals surface area (Å²) in [4.78, 5) is 25.7. The van der Waals surface area contributed by atoms with Crippen molar-refractivity contribution in [1.82, 2.24) is 10.3 Å². The van der Waals surface area contributed by atoms with Gasteiger partial charge in [-0.25, -0.2) is 0 Å². The average Bonchev–Trinajstić information content (AvgIpc) is 2.45. The Labute approximate surface area is 119 Å². The van der Waals surface area contributed by atoms with Crippen molar-refractivity contribution in [1.29, 1.82) is 0 Å². The molecule has 0 atom stereocenters. The summed E-state index contributed by atoms with van der Waals surface area (Å²) in [5, 5.41) is 13.6. The second kappa shape index (κ2) is 6.12. The van der Waals surface area contributed by atoms with E-state index in [1.54, 1.807) is 18.2 Å². The minimum absolute atomic E-state index is 0.0107. The van der Waals surface area contributed by atoms with Crippen LogP contribution in [0.1, 0.15) is 16.1 Å². The maximum absolute atomic E-state index is 11.8. The van der Waals surface area contributed by atoms with Crippen molar-refractivity contribution in [2.75, 3.05) is 0 Å². The Morgan fingerprint density at radius 1 is 1.30 bits per heavy atom. The Hall–Kier alpha value is -2.47. The van der Waals surface area contributed by atoms with E-state index in [-0.39, 0.29) is 23.8 Å². The minimum Gasteiger partial charge on any atom is -0.347 e. The van der Waals surface area contributed by atoms with Gasteiger partial charge in [-0.2, -0.15) is 0 Å². The molecule has 102 valence electrons. The fraction of sp³-hybridized carbons (Fsp3) is 0.0769. The fourth-order valence-electron chi connectivity index (χ4n) is 1.54. The number of carbonyl (C=O) groups is 1. The molecule has 1 aromatic carbocycles. The number of amides is 1. The molecule has 0 saturated heterocycles. The Morgan fingerprint density at radius 2 is 2.00 bits per heavy atom. The Bertz CT molecular complexity index is 644. The van der Waals surface area contributed by atoms with Gasteiger partial charge >= 0.3 is 0 Å². The van der Waals surface area contributed by atoms with Crippen LogP contribution in [-0.4, -0.2) is 15.8 Å². The summed E-state index contributed by atoms with van der Waals surface area (Å²) >= 11 is 5.77. The summed E-state index contributed by atoms with van der Waals surface area (Å²) in [6.45, 7) is 0.255. The lowest BCUT2D eigenvalue weighted by atomic mass is 10.2. The quantitative estimate of drug-likeness (QED) is 0.693. The maximum Gasteiger partial charge on any atom is 0.270 e. The molecule has 0 spiro atoms. The standard InChI is InChI=1S/C13H10ClN3O3/c14-10-5-6-15-12(7-10)13(18)16-8-9-1-3-11(4-2-9)17(19)20/h1-7H,8H2,(H,16,18). The number of hydrogen-bond donors (Lipinski definition) is 1. The molecular formula is C13H10ClN3O3. The van der Waals surface area contributed by atoms with Crippen LogP contribution >= 0.6 is 11.6 Å². The van der Waals surface area contributed by atoms with Crippen molar-refractivity contribution in [3.05, 3.63) is 69.0 Å². The van der Waals surface area contributed by atoms with Gasteiger partial charge in [-0.1, -0.05) is 23.7 Å². The van der Waals surface area contributed by atoms with Gasteiger partial charge in [-0.3, -0.25) is 19.9 Å². The van der Waals surface area contributed by atoms with E-state index in [1.165, 1.54) is 24.4 Å². The zero-order valence-electron chi connectivity index (χ0n) is 10.2. The summed E-state index contributed by atoms with van der Waals surface area (Å²) in [6.07, 6.45) is 1.45.